The Morgan fingerprint density at radius 3 is 2.74 bits per heavy atom. The van der Waals surface area contributed by atoms with Gasteiger partial charge in [-0.1, -0.05) is 30.3 Å². The summed E-state index contributed by atoms with van der Waals surface area (Å²) in [5.41, 5.74) is 7.60. The molecular weight excluding hydrogens is 347 g/mol. The van der Waals surface area contributed by atoms with Crippen molar-refractivity contribution in [3.05, 3.63) is 76.6 Å². The number of fused-ring (bicyclic) bond motifs is 1. The topological polar surface area (TPSA) is 93.9 Å². The molecule has 0 spiro atoms. The van der Waals surface area contributed by atoms with Gasteiger partial charge in [0.2, 0.25) is 0 Å². The third kappa shape index (κ3) is 2.99. The van der Waals surface area contributed by atoms with Crippen molar-refractivity contribution in [2.24, 2.45) is 0 Å². The third-order valence-corrected chi connectivity index (χ3v) is 4.29. The number of H-pyrrole nitrogens is 1. The fourth-order valence-electron chi connectivity index (χ4n) is 2.87. The van der Waals surface area contributed by atoms with E-state index in [1.54, 1.807) is 19.1 Å². The highest BCUT2D eigenvalue weighted by atomic mass is 19.1. The number of hydrogen-bond donors (Lipinski definition) is 2. The molecule has 0 saturated heterocycles. The average molecular weight is 362 g/mol. The number of benzene rings is 2. The largest absolute Gasteiger partial charge is 0.423 e. The molecule has 4 rings (SSSR count). The zero-order valence-electron chi connectivity index (χ0n) is 14.4. The minimum Gasteiger partial charge on any atom is -0.423 e. The number of nitrogens with one attached hydrogen (secondary N) is 1. The summed E-state index contributed by atoms with van der Waals surface area (Å²) in [4.78, 5) is 22.9. The molecule has 0 unspecified atom stereocenters. The molecule has 0 fully saturated rings. The second kappa shape index (κ2) is 6.53. The fraction of sp³-hybridized carbons (Fsp3) is 0.0500. The minimum absolute atomic E-state index is 0.0725. The molecule has 2 heterocycles. The van der Waals surface area contributed by atoms with E-state index in [1.165, 1.54) is 12.4 Å². The number of nitrogen functional groups attached to an aromatic ring is 1. The first-order valence-corrected chi connectivity index (χ1v) is 8.20. The van der Waals surface area contributed by atoms with Gasteiger partial charge in [-0.05, 0) is 35.7 Å². The Morgan fingerprint density at radius 1 is 1.19 bits per heavy atom. The van der Waals surface area contributed by atoms with Crippen LogP contribution < -0.4 is 16.0 Å². The van der Waals surface area contributed by atoms with Gasteiger partial charge in [0.1, 0.15) is 5.69 Å². The number of hydrogen-bond acceptors (Lipinski definition) is 5. The van der Waals surface area contributed by atoms with Crippen LogP contribution in [0.5, 0.6) is 11.8 Å². The van der Waals surface area contributed by atoms with Gasteiger partial charge in [-0.15, -0.1) is 0 Å². The lowest BCUT2D eigenvalue weighted by atomic mass is 9.99. The van der Waals surface area contributed by atoms with E-state index >= 15 is 0 Å². The van der Waals surface area contributed by atoms with Crippen molar-refractivity contribution in [2.45, 2.75) is 6.92 Å². The molecule has 2 aromatic carbocycles. The monoisotopic (exact) mass is 362 g/mol. The van der Waals surface area contributed by atoms with Gasteiger partial charge in [-0.3, -0.25) is 14.8 Å². The first kappa shape index (κ1) is 16.7. The molecule has 3 N–H and O–H groups in total. The molecule has 27 heavy (non-hydrogen) atoms. The Bertz CT molecular complexity index is 1210. The van der Waals surface area contributed by atoms with E-state index in [4.69, 9.17) is 10.5 Å². The van der Waals surface area contributed by atoms with Crippen molar-refractivity contribution < 1.29 is 9.13 Å². The van der Waals surface area contributed by atoms with Gasteiger partial charge in [-0.2, -0.15) is 4.98 Å². The van der Waals surface area contributed by atoms with Gasteiger partial charge >= 0.3 is 6.01 Å². The van der Waals surface area contributed by atoms with Crippen LogP contribution in [-0.2, 0) is 0 Å². The molecule has 7 heteroatoms. The van der Waals surface area contributed by atoms with Crippen LogP contribution in [0.3, 0.4) is 0 Å². The number of aromatic amines is 1. The van der Waals surface area contributed by atoms with E-state index in [2.05, 4.69) is 15.0 Å². The van der Waals surface area contributed by atoms with Crippen LogP contribution in [-0.4, -0.2) is 15.0 Å². The van der Waals surface area contributed by atoms with Crippen molar-refractivity contribution in [1.82, 2.24) is 15.0 Å². The number of nitrogens with two attached hydrogens (primary N) is 1. The molecule has 2 aromatic heterocycles. The molecule has 0 atom stereocenters. The number of halogens is 1. The molecule has 0 amide bonds. The van der Waals surface area contributed by atoms with Gasteiger partial charge in [0, 0.05) is 6.20 Å². The van der Waals surface area contributed by atoms with E-state index in [0.717, 1.165) is 5.56 Å². The van der Waals surface area contributed by atoms with Crippen LogP contribution in [0.4, 0.5) is 10.1 Å². The number of pyridine rings is 1. The van der Waals surface area contributed by atoms with E-state index in [-0.39, 0.29) is 23.0 Å². The summed E-state index contributed by atoms with van der Waals surface area (Å²) in [6, 6.07) is 12.4. The standard InChI is InChI=1S/C20H15FN4O2/c1-11-14(12-5-3-2-4-6-12)9-16(18(22)17(11)21)27-20-24-15-10-23-8-7-13(15)19(26)25-20/h2-10H,22H2,1H3,(H,24,25,26). The Balaban J connectivity index is 1.83. The SMILES string of the molecule is Cc1c(-c2ccccc2)cc(Oc2nc3cnccc3c(=O)[nH]2)c(N)c1F. The Hall–Kier alpha value is -3.74. The molecule has 134 valence electrons. The van der Waals surface area contributed by atoms with E-state index in [0.29, 0.717) is 22.0 Å². The fourth-order valence-corrected chi connectivity index (χ4v) is 2.87. The Labute approximate surface area is 153 Å². The molecule has 0 bridgehead atoms. The summed E-state index contributed by atoms with van der Waals surface area (Å²) < 4.78 is 20.3. The van der Waals surface area contributed by atoms with Crippen LogP contribution in [0.1, 0.15) is 5.56 Å². The second-order valence-corrected chi connectivity index (χ2v) is 6.01. The summed E-state index contributed by atoms with van der Waals surface area (Å²) in [5, 5.41) is 0.380. The van der Waals surface area contributed by atoms with Gasteiger partial charge in [0.25, 0.3) is 5.56 Å². The minimum atomic E-state index is -0.573. The summed E-state index contributed by atoms with van der Waals surface area (Å²) in [7, 11) is 0. The van der Waals surface area contributed by atoms with Crippen LogP contribution in [0, 0.1) is 12.7 Å². The molecule has 0 radical (unpaired) electrons. The van der Waals surface area contributed by atoms with Gasteiger partial charge < -0.3 is 10.5 Å². The van der Waals surface area contributed by atoms with E-state index in [1.807, 2.05) is 30.3 Å². The lowest BCUT2D eigenvalue weighted by Gasteiger charge is -2.14. The van der Waals surface area contributed by atoms with Crippen molar-refractivity contribution in [3.8, 4) is 22.9 Å². The number of ether oxygens (including phenoxy) is 1. The highest BCUT2D eigenvalue weighted by Crippen LogP contribution is 2.36. The van der Waals surface area contributed by atoms with Crippen LogP contribution in [0.25, 0.3) is 22.0 Å². The number of rotatable bonds is 3. The molecule has 0 aliphatic carbocycles. The van der Waals surface area contributed by atoms with Crippen LogP contribution in [0.15, 0.2) is 59.7 Å². The van der Waals surface area contributed by atoms with Crippen molar-refractivity contribution in [2.75, 3.05) is 5.73 Å². The molecule has 0 aliphatic heterocycles. The number of anilines is 1. The summed E-state index contributed by atoms with van der Waals surface area (Å²) in [6.45, 7) is 1.65. The number of aromatic nitrogens is 3. The highest BCUT2D eigenvalue weighted by Gasteiger charge is 2.17. The quantitative estimate of drug-likeness (QED) is 0.541. The Kier molecular flexibility index (Phi) is 4.04. The van der Waals surface area contributed by atoms with Crippen molar-refractivity contribution in [1.29, 1.82) is 0 Å². The number of nitrogens with zero attached hydrogens (tertiary/aromatic N) is 2. The lowest BCUT2D eigenvalue weighted by Crippen LogP contribution is -2.10. The first-order valence-electron chi connectivity index (χ1n) is 8.20. The predicted octanol–water partition coefficient (Wildman–Crippen LogP) is 3.81. The third-order valence-electron chi connectivity index (χ3n) is 4.29. The maximum Gasteiger partial charge on any atom is 0.302 e. The summed E-state index contributed by atoms with van der Waals surface area (Å²) in [5.74, 6) is -0.500. The zero-order chi connectivity index (χ0) is 19.0. The van der Waals surface area contributed by atoms with Gasteiger partial charge in [0.05, 0.1) is 17.1 Å². The normalized spacial score (nSPS) is 10.9. The van der Waals surface area contributed by atoms with Gasteiger partial charge in [-0.25, -0.2) is 4.39 Å². The molecule has 6 nitrogen and oxygen atoms in total. The van der Waals surface area contributed by atoms with Crippen molar-refractivity contribution in [3.63, 3.8) is 0 Å². The average Bonchev–Trinajstić information content (AvgIpc) is 2.69. The van der Waals surface area contributed by atoms with E-state index < -0.39 is 5.82 Å². The van der Waals surface area contributed by atoms with Crippen LogP contribution in [0.2, 0.25) is 0 Å². The maximum atomic E-state index is 14.7. The molecule has 0 saturated carbocycles. The zero-order valence-corrected chi connectivity index (χ0v) is 14.4. The van der Waals surface area contributed by atoms with Gasteiger partial charge in [0.15, 0.2) is 11.6 Å². The maximum absolute atomic E-state index is 14.7. The summed E-state index contributed by atoms with van der Waals surface area (Å²) >= 11 is 0. The lowest BCUT2D eigenvalue weighted by molar-refractivity contribution is 0.441. The Morgan fingerprint density at radius 2 is 1.96 bits per heavy atom. The van der Waals surface area contributed by atoms with Crippen LogP contribution >= 0.6 is 0 Å². The molecular formula is C20H15FN4O2. The summed E-state index contributed by atoms with van der Waals surface area (Å²) in [6.07, 6.45) is 2.95. The molecule has 0 aliphatic rings. The first-order chi connectivity index (χ1) is 13.0. The highest BCUT2D eigenvalue weighted by molar-refractivity contribution is 5.77. The van der Waals surface area contributed by atoms with Crippen molar-refractivity contribution >= 4 is 16.6 Å². The van der Waals surface area contributed by atoms with E-state index in [9.17, 15) is 9.18 Å². The smallest absolute Gasteiger partial charge is 0.302 e. The second-order valence-electron chi connectivity index (χ2n) is 6.01. The molecule has 4 aromatic rings. The predicted molar refractivity (Wildman–Crippen MR) is 101 cm³/mol.